The number of ether oxygens (including phenoxy) is 1. The highest BCUT2D eigenvalue weighted by molar-refractivity contribution is 7.12. The second-order valence-electron chi connectivity index (χ2n) is 3.64. The molecule has 2 heterocycles. The molecule has 2 rings (SSSR count). The fraction of sp³-hybridized carbons (Fsp3) is 0.231. The summed E-state index contributed by atoms with van der Waals surface area (Å²) in [6, 6.07) is 5.49. The van der Waals surface area contributed by atoms with Crippen LogP contribution in [0.3, 0.4) is 0 Å². The first-order valence-electron chi connectivity index (χ1n) is 5.63. The number of nitrogens with one attached hydrogen (secondary N) is 1. The summed E-state index contributed by atoms with van der Waals surface area (Å²) in [5, 5.41) is 4.69. The summed E-state index contributed by atoms with van der Waals surface area (Å²) < 4.78 is 5.15. The third-order valence-electron chi connectivity index (χ3n) is 2.56. The molecule has 0 aliphatic carbocycles. The molecule has 0 saturated carbocycles. The predicted octanol–water partition coefficient (Wildman–Crippen LogP) is 2.97. The maximum absolute atomic E-state index is 12.1. The van der Waals surface area contributed by atoms with Crippen LogP contribution in [0.2, 0.25) is 0 Å². The SMILES string of the molecule is CCc1ccsc1C(=O)Nc1ncccc1OC. The zero-order valence-electron chi connectivity index (χ0n) is 10.3. The predicted molar refractivity (Wildman–Crippen MR) is 72.4 cm³/mol. The second kappa shape index (κ2) is 5.64. The quantitative estimate of drug-likeness (QED) is 0.921. The molecular formula is C13H14N2O2S. The van der Waals surface area contributed by atoms with Gasteiger partial charge in [0.25, 0.3) is 5.91 Å². The molecule has 0 bridgehead atoms. The number of carbonyl (C=O) groups is 1. The Morgan fingerprint density at radius 1 is 1.50 bits per heavy atom. The van der Waals surface area contributed by atoms with E-state index in [1.54, 1.807) is 25.4 Å². The van der Waals surface area contributed by atoms with E-state index in [0.29, 0.717) is 11.6 Å². The van der Waals surface area contributed by atoms with Crippen LogP contribution < -0.4 is 10.1 Å². The smallest absolute Gasteiger partial charge is 0.267 e. The van der Waals surface area contributed by atoms with Crippen molar-refractivity contribution in [2.45, 2.75) is 13.3 Å². The van der Waals surface area contributed by atoms with E-state index in [4.69, 9.17) is 4.74 Å². The van der Waals surface area contributed by atoms with Gasteiger partial charge in [-0.3, -0.25) is 4.79 Å². The van der Waals surface area contributed by atoms with Crippen molar-refractivity contribution >= 4 is 23.1 Å². The van der Waals surface area contributed by atoms with Crippen molar-refractivity contribution in [2.24, 2.45) is 0 Å². The first-order valence-corrected chi connectivity index (χ1v) is 6.51. The highest BCUT2D eigenvalue weighted by Crippen LogP contribution is 2.23. The molecule has 5 heteroatoms. The second-order valence-corrected chi connectivity index (χ2v) is 4.55. The van der Waals surface area contributed by atoms with Gasteiger partial charge in [-0.1, -0.05) is 6.92 Å². The van der Waals surface area contributed by atoms with Crippen LogP contribution in [0.1, 0.15) is 22.2 Å². The number of aryl methyl sites for hydroxylation is 1. The molecule has 1 N–H and O–H groups in total. The molecular weight excluding hydrogens is 248 g/mol. The lowest BCUT2D eigenvalue weighted by molar-refractivity contribution is 0.102. The number of anilines is 1. The molecule has 0 aliphatic rings. The number of hydrogen-bond donors (Lipinski definition) is 1. The molecule has 18 heavy (non-hydrogen) atoms. The van der Waals surface area contributed by atoms with Crippen molar-refractivity contribution in [3.05, 3.63) is 40.2 Å². The summed E-state index contributed by atoms with van der Waals surface area (Å²) in [6.45, 7) is 2.03. The normalized spacial score (nSPS) is 10.1. The van der Waals surface area contributed by atoms with Crippen LogP contribution in [0.5, 0.6) is 5.75 Å². The van der Waals surface area contributed by atoms with Crippen molar-refractivity contribution in [3.8, 4) is 5.75 Å². The van der Waals surface area contributed by atoms with Crippen LogP contribution in [0.25, 0.3) is 0 Å². The van der Waals surface area contributed by atoms with Crippen LogP contribution in [-0.2, 0) is 6.42 Å². The molecule has 4 nitrogen and oxygen atoms in total. The van der Waals surface area contributed by atoms with Gasteiger partial charge >= 0.3 is 0 Å². The van der Waals surface area contributed by atoms with E-state index in [1.165, 1.54) is 11.3 Å². The summed E-state index contributed by atoms with van der Waals surface area (Å²) in [5.74, 6) is 0.861. The lowest BCUT2D eigenvalue weighted by atomic mass is 10.2. The van der Waals surface area contributed by atoms with Gasteiger partial charge in [0.1, 0.15) is 0 Å². The summed E-state index contributed by atoms with van der Waals surface area (Å²) in [6.07, 6.45) is 2.46. The van der Waals surface area contributed by atoms with Crippen LogP contribution >= 0.6 is 11.3 Å². The summed E-state index contributed by atoms with van der Waals surface area (Å²) >= 11 is 1.43. The van der Waals surface area contributed by atoms with Gasteiger partial charge in [-0.2, -0.15) is 0 Å². The van der Waals surface area contributed by atoms with Gasteiger partial charge < -0.3 is 10.1 Å². The van der Waals surface area contributed by atoms with Gasteiger partial charge in [0.2, 0.25) is 0 Å². The van der Waals surface area contributed by atoms with Gasteiger partial charge in [0.05, 0.1) is 12.0 Å². The van der Waals surface area contributed by atoms with Crippen LogP contribution in [0.4, 0.5) is 5.82 Å². The first kappa shape index (κ1) is 12.6. The van der Waals surface area contributed by atoms with E-state index in [2.05, 4.69) is 10.3 Å². The number of carbonyl (C=O) groups excluding carboxylic acids is 1. The zero-order valence-corrected chi connectivity index (χ0v) is 11.1. The molecule has 0 fully saturated rings. The molecule has 0 atom stereocenters. The van der Waals surface area contributed by atoms with Crippen LogP contribution in [0, 0.1) is 0 Å². The average molecular weight is 262 g/mol. The van der Waals surface area contributed by atoms with Gasteiger partial charge in [-0.25, -0.2) is 4.98 Å². The Hall–Kier alpha value is -1.88. The topological polar surface area (TPSA) is 51.2 Å². The minimum Gasteiger partial charge on any atom is -0.493 e. The standard InChI is InChI=1S/C13H14N2O2S/c1-3-9-6-8-18-11(9)13(16)15-12-10(17-2)5-4-7-14-12/h4-8H,3H2,1-2H3,(H,14,15,16). The van der Waals surface area contributed by atoms with Gasteiger partial charge in [-0.05, 0) is 35.6 Å². The monoisotopic (exact) mass is 262 g/mol. The maximum atomic E-state index is 12.1. The third-order valence-corrected chi connectivity index (χ3v) is 3.51. The van der Waals surface area contributed by atoms with Crippen LogP contribution in [-0.4, -0.2) is 18.0 Å². The van der Waals surface area contributed by atoms with Gasteiger partial charge in [0.15, 0.2) is 11.6 Å². The average Bonchev–Trinajstić information content (AvgIpc) is 2.87. The summed E-state index contributed by atoms with van der Waals surface area (Å²) in [7, 11) is 1.55. The molecule has 2 aromatic rings. The molecule has 0 spiro atoms. The number of aromatic nitrogens is 1. The first-order chi connectivity index (χ1) is 8.76. The Kier molecular flexibility index (Phi) is 3.94. The Morgan fingerprint density at radius 2 is 2.33 bits per heavy atom. The largest absolute Gasteiger partial charge is 0.493 e. The molecule has 0 aliphatic heterocycles. The Balaban J connectivity index is 2.21. The number of nitrogens with zero attached hydrogens (tertiary/aromatic N) is 1. The van der Waals surface area contributed by atoms with Gasteiger partial charge in [0, 0.05) is 6.20 Å². The molecule has 0 aromatic carbocycles. The minimum absolute atomic E-state index is 0.140. The van der Waals surface area contributed by atoms with Crippen molar-refractivity contribution < 1.29 is 9.53 Å². The van der Waals surface area contributed by atoms with E-state index in [-0.39, 0.29) is 5.91 Å². The summed E-state index contributed by atoms with van der Waals surface area (Å²) in [4.78, 5) is 17.0. The number of pyridine rings is 1. The maximum Gasteiger partial charge on any atom is 0.267 e. The van der Waals surface area contributed by atoms with Crippen LogP contribution in [0.15, 0.2) is 29.8 Å². The Labute approximate surface area is 110 Å². The lowest BCUT2D eigenvalue weighted by Gasteiger charge is -2.08. The highest BCUT2D eigenvalue weighted by atomic mass is 32.1. The zero-order chi connectivity index (χ0) is 13.0. The minimum atomic E-state index is -0.140. The van der Waals surface area contributed by atoms with E-state index in [0.717, 1.165) is 16.9 Å². The van der Waals surface area contributed by atoms with Crippen molar-refractivity contribution in [1.82, 2.24) is 4.98 Å². The van der Waals surface area contributed by atoms with E-state index in [1.807, 2.05) is 18.4 Å². The number of thiophene rings is 1. The molecule has 1 amide bonds. The fourth-order valence-electron chi connectivity index (χ4n) is 1.63. The number of amides is 1. The highest BCUT2D eigenvalue weighted by Gasteiger charge is 2.14. The van der Waals surface area contributed by atoms with Crippen molar-refractivity contribution in [3.63, 3.8) is 0 Å². The van der Waals surface area contributed by atoms with Crippen molar-refractivity contribution in [1.29, 1.82) is 0 Å². The molecule has 0 unspecified atom stereocenters. The van der Waals surface area contributed by atoms with E-state index < -0.39 is 0 Å². The number of hydrogen-bond acceptors (Lipinski definition) is 4. The third kappa shape index (κ3) is 2.51. The van der Waals surface area contributed by atoms with E-state index in [9.17, 15) is 4.79 Å². The molecule has 0 radical (unpaired) electrons. The van der Waals surface area contributed by atoms with Crippen molar-refractivity contribution in [2.75, 3.05) is 12.4 Å². The lowest BCUT2D eigenvalue weighted by Crippen LogP contribution is -2.13. The molecule has 2 aromatic heterocycles. The van der Waals surface area contributed by atoms with E-state index >= 15 is 0 Å². The summed E-state index contributed by atoms with van der Waals surface area (Å²) in [5.41, 5.74) is 1.05. The van der Waals surface area contributed by atoms with Gasteiger partial charge in [-0.15, -0.1) is 11.3 Å². The molecule has 94 valence electrons. The Bertz CT molecular complexity index is 551. The number of methoxy groups -OCH3 is 1. The number of rotatable bonds is 4. The fourth-order valence-corrected chi connectivity index (χ4v) is 2.52. The molecule has 0 saturated heterocycles. The Morgan fingerprint density at radius 3 is 3.06 bits per heavy atom.